The van der Waals surface area contributed by atoms with E-state index in [0.29, 0.717) is 5.41 Å². The summed E-state index contributed by atoms with van der Waals surface area (Å²) in [5.74, 6) is 0.801. The van der Waals surface area contributed by atoms with Gasteiger partial charge in [-0.3, -0.25) is 0 Å². The van der Waals surface area contributed by atoms with Crippen LogP contribution in [-0.2, 0) is 9.53 Å². The lowest BCUT2D eigenvalue weighted by molar-refractivity contribution is -0.108. The maximum Gasteiger partial charge on any atom is 0.120 e. The summed E-state index contributed by atoms with van der Waals surface area (Å²) in [4.78, 5) is 10.1. The molecule has 1 heterocycles. The molecule has 1 aliphatic heterocycles. The third-order valence-electron chi connectivity index (χ3n) is 3.13. The van der Waals surface area contributed by atoms with E-state index in [9.17, 15) is 4.79 Å². The summed E-state index contributed by atoms with van der Waals surface area (Å²) < 4.78 is 5.34. The van der Waals surface area contributed by atoms with Crippen LogP contribution in [-0.4, -0.2) is 19.5 Å². The molecule has 1 saturated heterocycles. The fraction of sp³-hybridized carbons (Fsp3) is 0.889. The Kier molecular flexibility index (Phi) is 1.72. The highest BCUT2D eigenvalue weighted by Gasteiger charge is 2.55. The lowest BCUT2D eigenvalue weighted by Crippen LogP contribution is -2.02. The van der Waals surface area contributed by atoms with Gasteiger partial charge in [-0.15, -0.1) is 0 Å². The van der Waals surface area contributed by atoms with Crippen LogP contribution in [0.3, 0.4) is 0 Å². The monoisotopic (exact) mass is 154 g/mol. The smallest absolute Gasteiger partial charge is 0.120 e. The third kappa shape index (κ3) is 1.20. The standard InChI is InChI=1S/C9H14O2/c10-4-1-2-8-6-9(8)3-5-11-7-9/h4,8H,1-3,5-7H2. The SMILES string of the molecule is O=CCCC1CC12CCOC2. The molecule has 0 N–H and O–H groups in total. The Bertz CT molecular complexity index is 159. The molecule has 0 radical (unpaired) electrons. The van der Waals surface area contributed by atoms with E-state index in [1.54, 1.807) is 0 Å². The van der Waals surface area contributed by atoms with Gasteiger partial charge in [0.25, 0.3) is 0 Å². The number of rotatable bonds is 3. The molecule has 0 bridgehead atoms. The molecule has 2 heteroatoms. The number of hydrogen-bond donors (Lipinski definition) is 0. The first-order chi connectivity index (χ1) is 5.37. The summed E-state index contributed by atoms with van der Waals surface area (Å²) in [6, 6.07) is 0. The maximum atomic E-state index is 10.1. The van der Waals surface area contributed by atoms with Gasteiger partial charge in [-0.1, -0.05) is 0 Å². The molecular weight excluding hydrogens is 140 g/mol. The Morgan fingerprint density at radius 3 is 3.18 bits per heavy atom. The Morgan fingerprint density at radius 1 is 1.64 bits per heavy atom. The molecule has 2 nitrogen and oxygen atoms in total. The molecule has 0 aromatic rings. The van der Waals surface area contributed by atoms with Gasteiger partial charge in [0, 0.05) is 13.0 Å². The van der Waals surface area contributed by atoms with Gasteiger partial charge in [-0.05, 0) is 30.6 Å². The minimum absolute atomic E-state index is 0.531. The summed E-state index contributed by atoms with van der Waals surface area (Å²) in [5.41, 5.74) is 0.531. The molecule has 2 fully saturated rings. The van der Waals surface area contributed by atoms with Crippen molar-refractivity contribution in [1.29, 1.82) is 0 Å². The van der Waals surface area contributed by atoms with Crippen molar-refractivity contribution in [3.63, 3.8) is 0 Å². The summed E-state index contributed by atoms with van der Waals surface area (Å²) in [6.45, 7) is 1.90. The van der Waals surface area contributed by atoms with E-state index in [-0.39, 0.29) is 0 Å². The number of ether oxygens (including phenoxy) is 1. The van der Waals surface area contributed by atoms with Gasteiger partial charge >= 0.3 is 0 Å². The van der Waals surface area contributed by atoms with Gasteiger partial charge in [0.05, 0.1) is 6.61 Å². The van der Waals surface area contributed by atoms with E-state index >= 15 is 0 Å². The van der Waals surface area contributed by atoms with Gasteiger partial charge in [0.1, 0.15) is 6.29 Å². The Hall–Kier alpha value is -0.370. The highest BCUT2D eigenvalue weighted by Crippen LogP contribution is 2.59. The van der Waals surface area contributed by atoms with Crippen LogP contribution in [0.1, 0.15) is 25.7 Å². The molecule has 2 unspecified atom stereocenters. The molecule has 0 aromatic carbocycles. The second-order valence-electron chi connectivity index (χ2n) is 3.81. The molecule has 0 amide bonds. The minimum Gasteiger partial charge on any atom is -0.381 e. The fourth-order valence-electron chi connectivity index (χ4n) is 2.22. The van der Waals surface area contributed by atoms with Crippen LogP contribution in [0.25, 0.3) is 0 Å². The zero-order valence-electron chi connectivity index (χ0n) is 6.71. The molecule has 0 aromatic heterocycles. The minimum atomic E-state index is 0.531. The highest BCUT2D eigenvalue weighted by molar-refractivity contribution is 5.49. The number of carbonyl (C=O) groups excluding carboxylic acids is 1. The maximum absolute atomic E-state index is 10.1. The summed E-state index contributed by atoms with van der Waals surface area (Å²) in [6.07, 6.45) is 5.40. The topological polar surface area (TPSA) is 26.3 Å². The van der Waals surface area contributed by atoms with Crippen LogP contribution in [0.2, 0.25) is 0 Å². The van der Waals surface area contributed by atoms with Gasteiger partial charge in [0.2, 0.25) is 0 Å². The summed E-state index contributed by atoms with van der Waals surface area (Å²) in [7, 11) is 0. The predicted octanol–water partition coefficient (Wildman–Crippen LogP) is 1.39. The second-order valence-corrected chi connectivity index (χ2v) is 3.81. The lowest BCUT2D eigenvalue weighted by atomic mass is 10.0. The molecule has 2 rings (SSSR count). The van der Waals surface area contributed by atoms with Crippen molar-refractivity contribution in [2.45, 2.75) is 25.7 Å². The Labute approximate surface area is 66.9 Å². The van der Waals surface area contributed by atoms with Crippen molar-refractivity contribution in [3.8, 4) is 0 Å². The van der Waals surface area contributed by atoms with Crippen molar-refractivity contribution in [3.05, 3.63) is 0 Å². The van der Waals surface area contributed by atoms with Gasteiger partial charge < -0.3 is 9.53 Å². The largest absolute Gasteiger partial charge is 0.381 e. The Morgan fingerprint density at radius 2 is 2.55 bits per heavy atom. The first kappa shape index (κ1) is 7.29. The fourth-order valence-corrected chi connectivity index (χ4v) is 2.22. The van der Waals surface area contributed by atoms with Crippen molar-refractivity contribution in [2.24, 2.45) is 11.3 Å². The quantitative estimate of drug-likeness (QED) is 0.574. The number of carbonyl (C=O) groups is 1. The summed E-state index contributed by atoms with van der Waals surface area (Å²) in [5, 5.41) is 0. The number of aldehydes is 1. The zero-order valence-corrected chi connectivity index (χ0v) is 6.71. The van der Waals surface area contributed by atoms with E-state index in [0.717, 1.165) is 38.3 Å². The van der Waals surface area contributed by atoms with E-state index < -0.39 is 0 Å². The molecule has 62 valence electrons. The molecule has 11 heavy (non-hydrogen) atoms. The van der Waals surface area contributed by atoms with E-state index in [2.05, 4.69) is 0 Å². The van der Waals surface area contributed by atoms with Crippen LogP contribution >= 0.6 is 0 Å². The molecule has 1 aliphatic carbocycles. The van der Waals surface area contributed by atoms with Gasteiger partial charge in [-0.25, -0.2) is 0 Å². The van der Waals surface area contributed by atoms with E-state index in [1.807, 2.05) is 0 Å². The van der Waals surface area contributed by atoms with E-state index in [1.165, 1.54) is 12.8 Å². The van der Waals surface area contributed by atoms with Crippen LogP contribution in [0.4, 0.5) is 0 Å². The highest BCUT2D eigenvalue weighted by atomic mass is 16.5. The number of hydrogen-bond acceptors (Lipinski definition) is 2. The van der Waals surface area contributed by atoms with Gasteiger partial charge in [0.15, 0.2) is 0 Å². The van der Waals surface area contributed by atoms with Crippen molar-refractivity contribution in [1.82, 2.24) is 0 Å². The van der Waals surface area contributed by atoms with Gasteiger partial charge in [-0.2, -0.15) is 0 Å². The first-order valence-corrected chi connectivity index (χ1v) is 4.39. The van der Waals surface area contributed by atoms with E-state index in [4.69, 9.17) is 4.74 Å². The average Bonchev–Trinajstić information content (AvgIpc) is 2.41. The Balaban J connectivity index is 1.79. The van der Waals surface area contributed by atoms with Crippen LogP contribution < -0.4 is 0 Å². The van der Waals surface area contributed by atoms with Crippen LogP contribution in [0, 0.1) is 11.3 Å². The van der Waals surface area contributed by atoms with Crippen LogP contribution in [0.5, 0.6) is 0 Å². The third-order valence-corrected chi connectivity index (χ3v) is 3.13. The predicted molar refractivity (Wildman–Crippen MR) is 41.3 cm³/mol. The average molecular weight is 154 g/mol. The summed E-state index contributed by atoms with van der Waals surface area (Å²) >= 11 is 0. The molecule has 1 saturated carbocycles. The zero-order chi connectivity index (χ0) is 7.73. The molecule has 2 aliphatic rings. The van der Waals surface area contributed by atoms with Crippen molar-refractivity contribution < 1.29 is 9.53 Å². The second kappa shape index (κ2) is 2.59. The van der Waals surface area contributed by atoms with Crippen molar-refractivity contribution in [2.75, 3.05) is 13.2 Å². The van der Waals surface area contributed by atoms with Crippen molar-refractivity contribution >= 4 is 6.29 Å². The molecular formula is C9H14O2. The normalized spacial score (nSPS) is 41.3. The lowest BCUT2D eigenvalue weighted by Gasteiger charge is -2.03. The molecule has 1 spiro atoms. The first-order valence-electron chi connectivity index (χ1n) is 4.39. The molecule has 2 atom stereocenters. The van der Waals surface area contributed by atoms with Crippen LogP contribution in [0.15, 0.2) is 0 Å².